The number of nitrogens with one attached hydrogen (secondary N) is 2. The fourth-order valence-corrected chi connectivity index (χ4v) is 7.24. The number of nitro groups is 1. The summed E-state index contributed by atoms with van der Waals surface area (Å²) in [7, 11) is 0. The Hall–Kier alpha value is -5.93. The minimum Gasteiger partial charge on any atom is -0.450 e. The third-order valence-corrected chi connectivity index (χ3v) is 9.49. The van der Waals surface area contributed by atoms with Gasteiger partial charge in [-0.15, -0.1) is 11.3 Å². The van der Waals surface area contributed by atoms with Gasteiger partial charge in [0.2, 0.25) is 5.91 Å². The third kappa shape index (κ3) is 7.32. The Balaban J connectivity index is 1.13. The number of ether oxygens (including phenoxy) is 1. The van der Waals surface area contributed by atoms with E-state index < -0.39 is 34.8 Å². The molecule has 0 unspecified atom stereocenters. The molecule has 4 aromatic carbocycles. The van der Waals surface area contributed by atoms with Crippen LogP contribution in [0.1, 0.15) is 51.2 Å². The number of aromatic nitrogens is 1. The first kappa shape index (κ1) is 33.0. The van der Waals surface area contributed by atoms with Crippen LogP contribution >= 0.6 is 23.1 Å². The summed E-state index contributed by atoms with van der Waals surface area (Å²) in [6.07, 6.45) is 0.501. The highest BCUT2D eigenvalue weighted by molar-refractivity contribution is 8.01. The van der Waals surface area contributed by atoms with Gasteiger partial charge in [-0.25, -0.2) is 20.1 Å². The van der Waals surface area contributed by atoms with Crippen LogP contribution in [0.2, 0.25) is 0 Å². The second-order valence-corrected chi connectivity index (χ2v) is 12.9. The van der Waals surface area contributed by atoms with Gasteiger partial charge in [-0.1, -0.05) is 60.3 Å². The highest BCUT2D eigenvalue weighted by atomic mass is 32.2. The molecule has 0 fully saturated rings. The lowest BCUT2D eigenvalue weighted by Gasteiger charge is -2.18. The van der Waals surface area contributed by atoms with Gasteiger partial charge in [-0.05, 0) is 48.9 Å². The summed E-state index contributed by atoms with van der Waals surface area (Å²) >= 11 is 2.38. The predicted octanol–water partition coefficient (Wildman–Crippen LogP) is 6.48. The lowest BCUT2D eigenvalue weighted by molar-refractivity contribution is -0.387. The fraction of sp³-hybridized carbons (Fsp3) is 0.118. The molecule has 5 aromatic rings. The number of fused-ring (bicyclic) bond motifs is 2. The van der Waals surface area contributed by atoms with Crippen molar-refractivity contribution in [1.29, 1.82) is 0 Å². The number of nitrogens with zero attached hydrogens (tertiary/aromatic N) is 4. The maximum atomic E-state index is 12.9. The first-order valence-electron chi connectivity index (χ1n) is 14.9. The van der Waals surface area contributed by atoms with E-state index in [1.807, 2.05) is 6.07 Å². The van der Waals surface area contributed by atoms with Gasteiger partial charge >= 0.3 is 6.09 Å². The van der Waals surface area contributed by atoms with E-state index in [0.717, 1.165) is 16.7 Å². The number of imide groups is 1. The summed E-state index contributed by atoms with van der Waals surface area (Å²) in [5.74, 6) is -1.30. The minimum absolute atomic E-state index is 0.127. The number of amides is 4. The van der Waals surface area contributed by atoms with Gasteiger partial charge in [0.05, 0.1) is 62.1 Å². The molecule has 1 atom stereocenters. The van der Waals surface area contributed by atoms with Crippen LogP contribution < -0.4 is 15.6 Å². The van der Waals surface area contributed by atoms with Gasteiger partial charge in [-0.2, -0.15) is 5.10 Å². The molecule has 6 rings (SSSR count). The summed E-state index contributed by atoms with van der Waals surface area (Å²) in [6, 6.07) is 24.5. The number of nitro benzene ring substituents is 1. The van der Waals surface area contributed by atoms with Crippen molar-refractivity contribution < 1.29 is 28.8 Å². The zero-order valence-electron chi connectivity index (χ0n) is 25.7. The number of rotatable bonds is 11. The van der Waals surface area contributed by atoms with Gasteiger partial charge in [0.1, 0.15) is 0 Å². The number of anilines is 1. The largest absolute Gasteiger partial charge is 0.450 e. The number of carbonyl (C=O) groups is 4. The molecule has 1 aliphatic heterocycles. The SMILES string of the molecule is CCOC(=O)N[C@@H](CC(=O)N/N=C\c1ccc(Sc2nc3ccc(N4C(=O)c5ccccc5C4=O)cc3s2)c([N+](=O)[O-])c1)c1ccccc1. The molecule has 0 saturated carbocycles. The first-order valence-corrected chi connectivity index (χ1v) is 16.5. The van der Waals surface area contributed by atoms with E-state index in [2.05, 4.69) is 20.8 Å². The minimum atomic E-state index is -0.663. The van der Waals surface area contributed by atoms with E-state index in [0.29, 0.717) is 47.4 Å². The summed E-state index contributed by atoms with van der Waals surface area (Å²) in [5, 5.41) is 18.6. The van der Waals surface area contributed by atoms with Crippen LogP contribution in [0.3, 0.4) is 0 Å². The van der Waals surface area contributed by atoms with Crippen LogP contribution in [0, 0.1) is 10.1 Å². The average molecular weight is 695 g/mol. The normalized spacial score (nSPS) is 13.0. The number of benzene rings is 4. The summed E-state index contributed by atoms with van der Waals surface area (Å²) in [4.78, 5) is 68.1. The predicted molar refractivity (Wildman–Crippen MR) is 184 cm³/mol. The van der Waals surface area contributed by atoms with Gasteiger partial charge in [0.15, 0.2) is 4.34 Å². The number of thiazole rings is 1. The van der Waals surface area contributed by atoms with Gasteiger partial charge in [0.25, 0.3) is 17.5 Å². The second kappa shape index (κ2) is 14.5. The van der Waals surface area contributed by atoms with Crippen molar-refractivity contribution in [2.24, 2.45) is 5.10 Å². The molecule has 2 N–H and O–H groups in total. The molecule has 4 amide bonds. The standard InChI is InChI=1S/C34H26N6O7S2/c1-2-47-33(44)36-26(21-8-4-3-5-9-21)18-30(41)38-35-19-20-12-15-28(27(16-20)40(45)46)48-34-37-25-14-13-22(17-29(25)49-34)39-31(42)23-10-6-7-11-24(23)32(39)43/h3-17,19,26H,2,18H2,1H3,(H,36,44)(H,38,41)/b35-19-/t26-/m0/s1. The van der Waals surface area contributed by atoms with Crippen molar-refractivity contribution in [3.63, 3.8) is 0 Å². The Labute approximate surface area is 287 Å². The molecular weight excluding hydrogens is 669 g/mol. The zero-order valence-corrected chi connectivity index (χ0v) is 27.3. The molecular formula is C34H26N6O7S2. The Morgan fingerprint density at radius 2 is 1.73 bits per heavy atom. The maximum Gasteiger partial charge on any atom is 0.407 e. The van der Waals surface area contributed by atoms with Crippen molar-refractivity contribution in [3.05, 3.63) is 123 Å². The van der Waals surface area contributed by atoms with Crippen LogP contribution in [0.4, 0.5) is 16.2 Å². The Morgan fingerprint density at radius 1 is 1.02 bits per heavy atom. The summed E-state index contributed by atoms with van der Waals surface area (Å²) in [6.45, 7) is 1.85. The van der Waals surface area contributed by atoms with Crippen molar-refractivity contribution in [3.8, 4) is 0 Å². The maximum absolute atomic E-state index is 12.9. The van der Waals surface area contributed by atoms with E-state index >= 15 is 0 Å². The van der Waals surface area contributed by atoms with Gasteiger partial charge < -0.3 is 10.1 Å². The molecule has 2 heterocycles. The van der Waals surface area contributed by atoms with Crippen LogP contribution in [-0.4, -0.2) is 46.5 Å². The molecule has 13 nitrogen and oxygen atoms in total. The van der Waals surface area contributed by atoms with E-state index in [1.165, 1.54) is 23.6 Å². The molecule has 0 bridgehead atoms. The number of hydrogen-bond acceptors (Lipinski definition) is 11. The fourth-order valence-electron chi connectivity index (χ4n) is 5.10. The first-order chi connectivity index (χ1) is 23.7. The van der Waals surface area contributed by atoms with Crippen LogP contribution in [-0.2, 0) is 9.53 Å². The number of alkyl carbamates (subject to hydrolysis) is 1. The van der Waals surface area contributed by atoms with Gasteiger partial charge in [-0.3, -0.25) is 24.5 Å². The third-order valence-electron chi connectivity index (χ3n) is 7.34. The number of hydrogen-bond donors (Lipinski definition) is 2. The Morgan fingerprint density at radius 3 is 2.43 bits per heavy atom. The molecule has 0 aliphatic carbocycles. The van der Waals surface area contributed by atoms with E-state index in [9.17, 15) is 29.3 Å². The zero-order chi connectivity index (χ0) is 34.5. The van der Waals surface area contributed by atoms with Crippen LogP contribution in [0.25, 0.3) is 10.2 Å². The monoisotopic (exact) mass is 694 g/mol. The quantitative estimate of drug-likeness (QED) is 0.0679. The van der Waals surface area contributed by atoms with E-state index in [4.69, 9.17) is 4.74 Å². The molecule has 0 radical (unpaired) electrons. The van der Waals surface area contributed by atoms with E-state index in [-0.39, 0.29) is 18.7 Å². The van der Waals surface area contributed by atoms with Crippen molar-refractivity contribution in [2.75, 3.05) is 11.5 Å². The molecule has 0 saturated heterocycles. The van der Waals surface area contributed by atoms with E-state index in [1.54, 1.807) is 85.8 Å². The summed E-state index contributed by atoms with van der Waals surface area (Å²) < 4.78 is 6.18. The van der Waals surface area contributed by atoms with Crippen LogP contribution in [0.5, 0.6) is 0 Å². The second-order valence-electron chi connectivity index (χ2n) is 10.5. The van der Waals surface area contributed by atoms with Crippen molar-refractivity contribution in [1.82, 2.24) is 15.7 Å². The smallest absolute Gasteiger partial charge is 0.407 e. The molecule has 246 valence electrons. The molecule has 1 aliphatic rings. The van der Waals surface area contributed by atoms with Crippen LogP contribution in [0.15, 0.2) is 105 Å². The van der Waals surface area contributed by atoms with Gasteiger partial charge in [0, 0.05) is 11.6 Å². The topological polar surface area (TPSA) is 173 Å². The highest BCUT2D eigenvalue weighted by Crippen LogP contribution is 2.40. The lowest BCUT2D eigenvalue weighted by atomic mass is 10.0. The molecule has 1 aromatic heterocycles. The Bertz CT molecular complexity index is 2100. The molecule has 0 spiro atoms. The number of hydrazone groups is 1. The highest BCUT2D eigenvalue weighted by Gasteiger charge is 2.36. The summed E-state index contributed by atoms with van der Waals surface area (Å²) in [5.41, 5.74) is 5.00. The van der Waals surface area contributed by atoms with Crippen molar-refractivity contribution in [2.45, 2.75) is 28.6 Å². The number of carbonyl (C=O) groups excluding carboxylic acids is 4. The average Bonchev–Trinajstić information content (AvgIpc) is 3.61. The Kier molecular flexibility index (Phi) is 9.73. The lowest BCUT2D eigenvalue weighted by Crippen LogP contribution is -2.33. The van der Waals surface area contributed by atoms with Crippen molar-refractivity contribution >= 4 is 74.7 Å². The molecule has 15 heteroatoms. The molecule has 49 heavy (non-hydrogen) atoms.